The molecule has 1 N–H and O–H groups in total. The number of nitrogens with zero attached hydrogens (tertiary/aromatic N) is 2. The number of halogens is 4. The number of hydrogen-bond acceptors (Lipinski definition) is 14. The number of sulfone groups is 1. The molecule has 0 bridgehead atoms. The molecule has 0 aliphatic heterocycles. The predicted octanol–water partition coefficient (Wildman–Crippen LogP) is 9.45. The molecule has 2 aliphatic carbocycles. The third-order valence-corrected chi connectivity index (χ3v) is 17.9. The van der Waals surface area contributed by atoms with Crippen molar-refractivity contribution in [2.24, 2.45) is 5.41 Å². The highest BCUT2D eigenvalue weighted by molar-refractivity contribution is 7.91. The van der Waals surface area contributed by atoms with Gasteiger partial charge in [-0.25, -0.2) is 21.6 Å². The lowest BCUT2D eigenvalue weighted by Crippen LogP contribution is -2.34. The van der Waals surface area contributed by atoms with Crippen LogP contribution in [0.1, 0.15) is 80.4 Å². The van der Waals surface area contributed by atoms with Gasteiger partial charge >= 0.3 is 0 Å². The van der Waals surface area contributed by atoms with E-state index < -0.39 is 25.3 Å². The number of hydrogen-bond donors (Lipinski definition) is 1. The van der Waals surface area contributed by atoms with Crippen molar-refractivity contribution >= 4 is 77.8 Å². The first-order valence-corrected chi connectivity index (χ1v) is 29.7. The summed E-state index contributed by atoms with van der Waals surface area (Å²) in [4.78, 5) is 30.4. The van der Waals surface area contributed by atoms with Crippen LogP contribution in [-0.4, -0.2) is 144 Å². The number of benzene rings is 4. The zero-order valence-corrected chi connectivity index (χ0v) is 48.0. The summed E-state index contributed by atoms with van der Waals surface area (Å²) in [5.41, 5.74) is 2.68. The number of rotatable bonds is 32. The Morgan fingerprint density at radius 1 is 0.573 bits per heavy atom. The van der Waals surface area contributed by atoms with E-state index in [0.717, 1.165) is 22.3 Å². The van der Waals surface area contributed by atoms with Gasteiger partial charge in [0.15, 0.2) is 9.84 Å². The van der Waals surface area contributed by atoms with Crippen LogP contribution in [0.2, 0.25) is 20.1 Å². The fraction of sp³-hybridized carbons (Fsp3) is 0.519. The van der Waals surface area contributed by atoms with Gasteiger partial charge in [-0.1, -0.05) is 46.4 Å². The highest BCUT2D eigenvalue weighted by Crippen LogP contribution is 2.44. The summed E-state index contributed by atoms with van der Waals surface area (Å²) in [6.07, 6.45) is 2.29. The van der Waals surface area contributed by atoms with Crippen LogP contribution in [0.25, 0.3) is 0 Å². The van der Waals surface area contributed by atoms with Crippen LogP contribution in [0.15, 0.2) is 82.6 Å². The van der Waals surface area contributed by atoms with Gasteiger partial charge in [0.2, 0.25) is 10.0 Å². The lowest BCUT2D eigenvalue weighted by Gasteiger charge is -2.27. The van der Waals surface area contributed by atoms with Crippen molar-refractivity contribution in [2.45, 2.75) is 92.9 Å². The highest BCUT2D eigenvalue weighted by Gasteiger charge is 2.39. The fourth-order valence-electron chi connectivity index (χ4n) is 9.03. The largest absolute Gasteiger partial charge is 0.484 e. The molecule has 0 saturated carbocycles. The minimum atomic E-state index is -3.80. The minimum absolute atomic E-state index is 0.0151. The Morgan fingerprint density at radius 2 is 0.973 bits per heavy atom. The van der Waals surface area contributed by atoms with E-state index >= 15 is 0 Å². The Labute approximate surface area is 462 Å². The van der Waals surface area contributed by atoms with Gasteiger partial charge < -0.3 is 38.2 Å². The molecular formula is C54H69Cl4N3O12S2. The molecule has 0 radical (unpaired) electrons. The van der Waals surface area contributed by atoms with Crippen LogP contribution >= 0.6 is 46.4 Å². The van der Waals surface area contributed by atoms with Gasteiger partial charge in [0.1, 0.15) is 35.3 Å². The van der Waals surface area contributed by atoms with E-state index in [1.54, 1.807) is 62.4 Å². The summed E-state index contributed by atoms with van der Waals surface area (Å²) in [5, 5.41) is 2.25. The summed E-state index contributed by atoms with van der Waals surface area (Å²) in [6.45, 7) is 5.34. The molecule has 0 unspecified atom stereocenters. The smallest absolute Gasteiger partial charge is 0.240 e. The van der Waals surface area contributed by atoms with Crippen LogP contribution in [0.4, 0.5) is 0 Å². The molecule has 0 amide bonds. The second-order valence-electron chi connectivity index (χ2n) is 19.6. The molecule has 0 spiro atoms. The first-order chi connectivity index (χ1) is 35.6. The number of ketones is 2. The minimum Gasteiger partial charge on any atom is -0.484 e. The van der Waals surface area contributed by atoms with Crippen molar-refractivity contribution < 1.29 is 54.8 Å². The Hall–Kier alpha value is -3.40. The SMILES string of the molecule is CN(C)[C@H]1Cc2c(Cl)cc(Cl)cc2[C@@H]1Oc1ccc(S(=O)(=O)CCCOCCOCCCC(=O)C(C)(C)C(=O)CCCOCCOCCNS(=O)(=O)c2ccc(O[C@H]3c4cc(Cl)cc(Cl)c4C[C@@H]3N(C)C)cc2)cc1. The highest BCUT2D eigenvalue weighted by atomic mass is 35.5. The Morgan fingerprint density at radius 3 is 1.40 bits per heavy atom. The zero-order valence-electron chi connectivity index (χ0n) is 43.4. The van der Waals surface area contributed by atoms with Crippen molar-refractivity contribution in [3.8, 4) is 11.5 Å². The summed E-state index contributed by atoms with van der Waals surface area (Å²) in [7, 11) is 0.543. The molecule has 0 aromatic heterocycles. The molecule has 6 rings (SSSR count). The van der Waals surface area contributed by atoms with E-state index in [0.29, 0.717) is 76.9 Å². The van der Waals surface area contributed by atoms with E-state index in [-0.39, 0.29) is 110 Å². The molecule has 4 atom stereocenters. The van der Waals surface area contributed by atoms with E-state index in [9.17, 15) is 26.4 Å². The number of likely N-dealkylation sites (N-methyl/N-ethyl adjacent to an activating group) is 2. The lowest BCUT2D eigenvalue weighted by atomic mass is 9.80. The maximum atomic E-state index is 13.1. The second kappa shape index (κ2) is 28.0. The van der Waals surface area contributed by atoms with Gasteiger partial charge in [0, 0.05) is 70.4 Å². The molecule has 15 nitrogen and oxygen atoms in total. The number of sulfonamides is 1. The molecular weight excluding hydrogens is 1090 g/mol. The summed E-state index contributed by atoms with van der Waals surface area (Å²) in [6, 6.07) is 19.9. The number of Topliss-reactive ketones (excluding diaryl/α,β-unsaturated/α-hetero) is 2. The van der Waals surface area contributed by atoms with E-state index in [1.807, 2.05) is 40.3 Å². The molecule has 4 aromatic carbocycles. The Kier molecular flexibility index (Phi) is 22.7. The van der Waals surface area contributed by atoms with Crippen molar-refractivity contribution in [2.75, 3.05) is 93.3 Å². The maximum Gasteiger partial charge on any atom is 0.240 e. The topological polar surface area (TPSA) is 176 Å². The zero-order chi connectivity index (χ0) is 54.5. The monoisotopic (exact) mass is 1160 g/mol. The molecule has 0 heterocycles. The predicted molar refractivity (Wildman–Crippen MR) is 292 cm³/mol. The summed E-state index contributed by atoms with van der Waals surface area (Å²) in [5.74, 6) is 0.632. The molecule has 21 heteroatoms. The van der Waals surface area contributed by atoms with Gasteiger partial charge in [-0.3, -0.25) is 9.59 Å². The van der Waals surface area contributed by atoms with Gasteiger partial charge in [0.05, 0.1) is 66.1 Å². The lowest BCUT2D eigenvalue weighted by molar-refractivity contribution is -0.139. The Bertz CT molecular complexity index is 2600. The molecule has 75 heavy (non-hydrogen) atoms. The number of ether oxygens (including phenoxy) is 6. The first-order valence-electron chi connectivity index (χ1n) is 25.0. The van der Waals surface area contributed by atoms with Gasteiger partial charge in [0.25, 0.3) is 0 Å². The standard InChI is InChI=1S/C54H69Cl4N3O12S2/c1-54(2,50(62)10-7-21-68-25-26-70-23-9-29-74(64,65)40-16-12-38(13-17-40)72-52-44-30-36(55)32-46(57)42(44)34-48(52)60(3)4)51(63)11-8-22-69-27-28-71-24-20-59-75(66,67)41-18-14-39(15-19-41)73-53-45-31-37(56)33-47(58)43(45)35-49(53)61(5)6/h12-19,30-33,48-49,52-53,59H,7-11,20-29,34-35H2,1-6H3/t48-,49-,52-,53-/m0/s1. The van der Waals surface area contributed by atoms with Crippen LogP contribution in [0.5, 0.6) is 11.5 Å². The first kappa shape index (κ1) is 60.8. The van der Waals surface area contributed by atoms with Crippen LogP contribution in [0.3, 0.4) is 0 Å². The number of carbonyl (C=O) groups is 2. The van der Waals surface area contributed by atoms with E-state index in [4.69, 9.17) is 74.8 Å². The third kappa shape index (κ3) is 16.8. The summed E-state index contributed by atoms with van der Waals surface area (Å²) < 4.78 is 89.6. The molecule has 0 fully saturated rings. The average Bonchev–Trinajstić information content (AvgIpc) is 3.91. The van der Waals surface area contributed by atoms with Gasteiger partial charge in [-0.05, 0) is 158 Å². The third-order valence-electron chi connectivity index (χ3n) is 13.5. The quantitative estimate of drug-likeness (QED) is 0.0361. The molecule has 0 saturated heterocycles. The van der Waals surface area contributed by atoms with Crippen LogP contribution in [-0.2, 0) is 61.2 Å². The average molecular weight is 1160 g/mol. The fourth-order valence-corrected chi connectivity index (χ4v) is 12.5. The van der Waals surface area contributed by atoms with Crippen molar-refractivity contribution in [1.29, 1.82) is 0 Å². The van der Waals surface area contributed by atoms with Crippen LogP contribution < -0.4 is 14.2 Å². The van der Waals surface area contributed by atoms with Gasteiger partial charge in [-0.2, -0.15) is 0 Å². The van der Waals surface area contributed by atoms with Gasteiger partial charge in [-0.15, -0.1) is 0 Å². The number of nitrogens with one attached hydrogen (secondary N) is 1. The van der Waals surface area contributed by atoms with Crippen molar-refractivity contribution in [3.05, 3.63) is 115 Å². The molecule has 4 aromatic rings. The molecule has 412 valence electrons. The van der Waals surface area contributed by atoms with E-state index in [2.05, 4.69) is 14.5 Å². The summed E-state index contributed by atoms with van der Waals surface area (Å²) >= 11 is 25.6. The normalized spacial score (nSPS) is 17.7. The van der Waals surface area contributed by atoms with E-state index in [1.165, 1.54) is 12.1 Å². The van der Waals surface area contributed by atoms with Crippen molar-refractivity contribution in [1.82, 2.24) is 14.5 Å². The Balaban J connectivity index is 0.761. The second-order valence-corrected chi connectivity index (χ2v) is 25.2. The maximum absolute atomic E-state index is 13.1. The molecule has 2 aliphatic rings. The van der Waals surface area contributed by atoms with Crippen LogP contribution in [0, 0.1) is 5.41 Å². The van der Waals surface area contributed by atoms with Crippen molar-refractivity contribution in [3.63, 3.8) is 0 Å². The number of carbonyl (C=O) groups excluding carboxylic acids is 2. The number of fused-ring (bicyclic) bond motifs is 2.